The summed E-state index contributed by atoms with van der Waals surface area (Å²) in [4.78, 5) is 29.1. The third kappa shape index (κ3) is 4.52. The molecule has 1 amide bonds. The molecule has 0 saturated carbocycles. The Morgan fingerprint density at radius 3 is 2.40 bits per heavy atom. The molecule has 6 nitrogen and oxygen atoms in total. The van der Waals surface area contributed by atoms with E-state index < -0.39 is 6.04 Å². The Kier molecular flexibility index (Phi) is 6.27. The maximum Gasteiger partial charge on any atom is 0.265 e. The number of carbonyl (C=O) groups excluding carboxylic acids is 2. The van der Waals surface area contributed by atoms with E-state index in [0.717, 1.165) is 23.4 Å². The third-order valence-electron chi connectivity index (χ3n) is 6.50. The summed E-state index contributed by atoms with van der Waals surface area (Å²) in [5.74, 6) is 1.38. The molecule has 2 aliphatic rings. The van der Waals surface area contributed by atoms with Crippen LogP contribution >= 0.6 is 0 Å². The van der Waals surface area contributed by atoms with E-state index in [0.29, 0.717) is 29.2 Å². The number of benzene rings is 3. The second-order valence-electron chi connectivity index (χ2n) is 9.01. The van der Waals surface area contributed by atoms with Crippen LogP contribution in [0.3, 0.4) is 0 Å². The van der Waals surface area contributed by atoms with E-state index in [1.807, 2.05) is 78.9 Å². The highest BCUT2D eigenvalue weighted by Gasteiger charge is 2.40. The first-order chi connectivity index (χ1) is 17.0. The minimum Gasteiger partial charge on any atom is -0.497 e. The second kappa shape index (κ2) is 9.66. The van der Waals surface area contributed by atoms with Crippen LogP contribution in [-0.2, 0) is 9.59 Å². The van der Waals surface area contributed by atoms with Crippen molar-refractivity contribution in [1.82, 2.24) is 0 Å². The predicted octanol–water partition coefficient (Wildman–Crippen LogP) is 5.53. The van der Waals surface area contributed by atoms with Crippen LogP contribution in [0.4, 0.5) is 11.4 Å². The van der Waals surface area contributed by atoms with Crippen molar-refractivity contribution >= 4 is 23.1 Å². The Labute approximate surface area is 205 Å². The third-order valence-corrected chi connectivity index (χ3v) is 6.50. The van der Waals surface area contributed by atoms with Gasteiger partial charge in [0.2, 0.25) is 0 Å². The van der Waals surface area contributed by atoms with E-state index in [9.17, 15) is 9.59 Å². The molecule has 0 saturated heterocycles. The summed E-state index contributed by atoms with van der Waals surface area (Å²) in [6, 6.07) is 23.9. The predicted molar refractivity (Wildman–Crippen MR) is 136 cm³/mol. The van der Waals surface area contributed by atoms with E-state index in [1.165, 1.54) is 0 Å². The normalized spacial score (nSPS) is 19.3. The number of rotatable bonds is 5. The summed E-state index contributed by atoms with van der Waals surface area (Å²) in [7, 11) is 1.62. The van der Waals surface area contributed by atoms with Crippen LogP contribution in [0.5, 0.6) is 11.5 Å². The Hall–Kier alpha value is -4.06. The molecule has 3 aromatic carbocycles. The highest BCUT2D eigenvalue weighted by molar-refractivity contribution is 6.06. The van der Waals surface area contributed by atoms with Crippen molar-refractivity contribution < 1.29 is 19.1 Å². The van der Waals surface area contributed by atoms with Gasteiger partial charge in [0.15, 0.2) is 12.4 Å². The molecule has 0 spiro atoms. The lowest BCUT2D eigenvalue weighted by molar-refractivity contribution is -0.121. The van der Waals surface area contributed by atoms with Crippen LogP contribution in [0.2, 0.25) is 0 Å². The number of nitrogens with one attached hydrogen (secondary N) is 1. The van der Waals surface area contributed by atoms with Crippen molar-refractivity contribution in [3.63, 3.8) is 0 Å². The van der Waals surface area contributed by atoms with Gasteiger partial charge in [0.25, 0.3) is 5.91 Å². The molecule has 2 atom stereocenters. The van der Waals surface area contributed by atoms with Gasteiger partial charge in [0, 0.05) is 17.7 Å². The summed E-state index contributed by atoms with van der Waals surface area (Å²) in [5.41, 5.74) is 3.86. The fraction of sp³-hybridized carbons (Fsp3) is 0.241. The summed E-state index contributed by atoms with van der Waals surface area (Å²) in [5, 5.41) is 3.50. The number of ether oxygens (including phenoxy) is 2. The van der Waals surface area contributed by atoms with Gasteiger partial charge in [0.05, 0.1) is 24.5 Å². The topological polar surface area (TPSA) is 67.9 Å². The summed E-state index contributed by atoms with van der Waals surface area (Å²) < 4.78 is 11.2. The largest absolute Gasteiger partial charge is 0.497 e. The van der Waals surface area contributed by atoms with Crippen molar-refractivity contribution in [1.29, 1.82) is 0 Å². The molecule has 1 aliphatic carbocycles. The molecule has 3 aromatic rings. The lowest BCUT2D eigenvalue weighted by atomic mass is 9.81. The smallest absolute Gasteiger partial charge is 0.265 e. The van der Waals surface area contributed by atoms with Crippen LogP contribution in [-0.4, -0.2) is 25.4 Å². The molecule has 0 bridgehead atoms. The zero-order valence-electron chi connectivity index (χ0n) is 19.9. The van der Waals surface area contributed by atoms with Crippen molar-refractivity contribution in [3.8, 4) is 11.5 Å². The number of nitrogens with zero attached hydrogens (tertiary/aromatic N) is 1. The van der Waals surface area contributed by atoms with Gasteiger partial charge in [-0.15, -0.1) is 0 Å². The molecule has 0 aromatic heterocycles. The van der Waals surface area contributed by atoms with Crippen LogP contribution in [0, 0.1) is 5.92 Å². The molecular formula is C29H28N2O4. The first-order valence-corrected chi connectivity index (χ1v) is 11.8. The van der Waals surface area contributed by atoms with Gasteiger partial charge >= 0.3 is 0 Å². The number of ketones is 1. The molecular weight excluding hydrogens is 440 g/mol. The molecule has 1 aliphatic heterocycles. The van der Waals surface area contributed by atoms with Crippen molar-refractivity contribution in [2.24, 2.45) is 5.92 Å². The lowest BCUT2D eigenvalue weighted by Gasteiger charge is -2.34. The number of carbonyl (C=O) groups is 2. The number of anilines is 2. The molecule has 0 radical (unpaired) electrons. The standard InChI is InChI=1S/C29H28N2O4/c1-19-16-24-28(26(32)17-19)29(20-12-14-21(34-2)15-13-20)31(25-11-7-6-10-23(25)30-24)27(33)18-35-22-8-4-3-5-9-22/h3-15,19,29-30H,16-18H2,1-2H3/t19-,29-/m0/s1. The highest BCUT2D eigenvalue weighted by atomic mass is 16.5. The summed E-state index contributed by atoms with van der Waals surface area (Å²) in [6.45, 7) is 1.93. The molecule has 5 rings (SSSR count). The van der Waals surface area contributed by atoms with Gasteiger partial charge < -0.3 is 14.8 Å². The maximum atomic E-state index is 13.9. The first kappa shape index (κ1) is 22.7. The summed E-state index contributed by atoms with van der Waals surface area (Å²) >= 11 is 0. The van der Waals surface area contributed by atoms with E-state index >= 15 is 0 Å². The van der Waals surface area contributed by atoms with Crippen LogP contribution < -0.4 is 19.7 Å². The molecule has 178 valence electrons. The van der Waals surface area contributed by atoms with Gasteiger partial charge in [-0.3, -0.25) is 14.5 Å². The molecule has 0 unspecified atom stereocenters. The Balaban J connectivity index is 1.64. The highest BCUT2D eigenvalue weighted by Crippen LogP contribution is 2.45. The van der Waals surface area contributed by atoms with Crippen molar-refractivity contribution in [3.05, 3.63) is 95.7 Å². The fourth-order valence-corrected chi connectivity index (χ4v) is 4.89. The average molecular weight is 469 g/mol. The maximum absolute atomic E-state index is 13.9. The molecule has 0 fully saturated rings. The van der Waals surface area contributed by atoms with Crippen LogP contribution in [0.15, 0.2) is 90.1 Å². The number of hydrogen-bond acceptors (Lipinski definition) is 5. The molecule has 35 heavy (non-hydrogen) atoms. The number of fused-ring (bicyclic) bond motifs is 1. The Morgan fingerprint density at radius 1 is 0.943 bits per heavy atom. The second-order valence-corrected chi connectivity index (χ2v) is 9.01. The van der Waals surface area contributed by atoms with E-state index in [2.05, 4.69) is 12.2 Å². The monoisotopic (exact) mass is 468 g/mol. The van der Waals surface area contributed by atoms with E-state index in [1.54, 1.807) is 12.0 Å². The van der Waals surface area contributed by atoms with Gasteiger partial charge in [-0.05, 0) is 54.3 Å². The fourth-order valence-electron chi connectivity index (χ4n) is 4.89. The Bertz CT molecular complexity index is 1270. The van der Waals surface area contributed by atoms with E-state index in [-0.39, 0.29) is 24.2 Å². The van der Waals surface area contributed by atoms with Gasteiger partial charge in [-0.25, -0.2) is 0 Å². The zero-order valence-corrected chi connectivity index (χ0v) is 19.9. The van der Waals surface area contributed by atoms with Crippen LogP contribution in [0.1, 0.15) is 31.4 Å². The van der Waals surface area contributed by atoms with Gasteiger partial charge in [-0.1, -0.05) is 49.4 Å². The summed E-state index contributed by atoms with van der Waals surface area (Å²) in [6.07, 6.45) is 1.19. The number of methoxy groups -OCH3 is 1. The van der Waals surface area contributed by atoms with Gasteiger partial charge in [0.1, 0.15) is 11.5 Å². The average Bonchev–Trinajstić information content (AvgIpc) is 3.02. The van der Waals surface area contributed by atoms with Crippen LogP contribution in [0.25, 0.3) is 0 Å². The number of allylic oxidation sites excluding steroid dienone is 1. The minimum atomic E-state index is -0.584. The molecule has 1 heterocycles. The molecule has 6 heteroatoms. The zero-order chi connectivity index (χ0) is 24.4. The SMILES string of the molecule is COc1ccc([C@H]2C3=C(C[C@H](C)CC3=O)Nc3ccccc3N2C(=O)COc2ccccc2)cc1. The number of para-hydroxylation sites is 3. The van der Waals surface area contributed by atoms with Gasteiger partial charge in [-0.2, -0.15) is 0 Å². The lowest BCUT2D eigenvalue weighted by Crippen LogP contribution is -2.41. The Morgan fingerprint density at radius 2 is 1.66 bits per heavy atom. The van der Waals surface area contributed by atoms with Crippen molar-refractivity contribution in [2.75, 3.05) is 23.9 Å². The molecule has 1 N–H and O–H groups in total. The van der Waals surface area contributed by atoms with Crippen molar-refractivity contribution in [2.45, 2.75) is 25.8 Å². The quantitative estimate of drug-likeness (QED) is 0.534. The minimum absolute atomic E-state index is 0.0571. The number of hydrogen-bond donors (Lipinski definition) is 1. The number of Topliss-reactive ketones (excluding diaryl/α,β-unsaturated/α-hetero) is 1. The van der Waals surface area contributed by atoms with E-state index in [4.69, 9.17) is 9.47 Å². The first-order valence-electron chi connectivity index (χ1n) is 11.8. The number of amides is 1.